The number of carbonyl (C=O) groups is 2. The molecule has 0 aliphatic carbocycles. The fourth-order valence-electron chi connectivity index (χ4n) is 1.94. The maximum atomic E-state index is 11.7. The van der Waals surface area contributed by atoms with Gasteiger partial charge >= 0.3 is 17.6 Å². The number of nitro groups is 1. The normalized spacial score (nSPS) is 11.6. The van der Waals surface area contributed by atoms with Gasteiger partial charge in [0, 0.05) is 19.3 Å². The maximum absolute atomic E-state index is 11.7. The summed E-state index contributed by atoms with van der Waals surface area (Å²) in [7, 11) is 2.60. The van der Waals surface area contributed by atoms with E-state index in [0.29, 0.717) is 5.69 Å². The van der Waals surface area contributed by atoms with Gasteiger partial charge in [0.05, 0.1) is 18.0 Å². The molecule has 1 unspecified atom stereocenters. The van der Waals surface area contributed by atoms with Gasteiger partial charge in [0.25, 0.3) is 0 Å². The van der Waals surface area contributed by atoms with Gasteiger partial charge in [-0.25, -0.2) is 9.78 Å². The lowest BCUT2D eigenvalue weighted by molar-refractivity contribution is -0.384. The minimum atomic E-state index is -1.03. The van der Waals surface area contributed by atoms with Crippen molar-refractivity contribution in [2.24, 2.45) is 5.92 Å². The first kappa shape index (κ1) is 17.3. The first-order chi connectivity index (χ1) is 10.2. The lowest BCUT2D eigenvalue weighted by atomic mass is 10.1. The number of nitrogens with zero attached hydrogens (tertiary/aromatic N) is 3. The van der Waals surface area contributed by atoms with Gasteiger partial charge in [0.15, 0.2) is 0 Å². The van der Waals surface area contributed by atoms with E-state index >= 15 is 0 Å². The highest BCUT2D eigenvalue weighted by Crippen LogP contribution is 2.31. The number of esters is 1. The van der Waals surface area contributed by atoms with E-state index in [1.807, 2.05) is 0 Å². The number of anilines is 1. The van der Waals surface area contributed by atoms with Crippen molar-refractivity contribution in [1.82, 2.24) is 4.98 Å². The van der Waals surface area contributed by atoms with Gasteiger partial charge in [0.2, 0.25) is 5.82 Å². The molecule has 0 fully saturated rings. The van der Waals surface area contributed by atoms with Crippen LogP contribution in [0.4, 0.5) is 11.5 Å². The third-order valence-corrected chi connectivity index (χ3v) is 3.02. The van der Waals surface area contributed by atoms with Crippen molar-refractivity contribution in [3.8, 4) is 0 Å². The van der Waals surface area contributed by atoms with Gasteiger partial charge in [0.1, 0.15) is 5.56 Å². The Bertz CT molecular complexity index is 616. The number of aromatic nitrogens is 1. The second-order valence-electron chi connectivity index (χ2n) is 4.85. The highest BCUT2D eigenvalue weighted by molar-refractivity contribution is 5.96. The van der Waals surface area contributed by atoms with Gasteiger partial charge in [-0.15, -0.1) is 0 Å². The Morgan fingerprint density at radius 1 is 1.55 bits per heavy atom. The predicted octanol–water partition coefficient (Wildman–Crippen LogP) is 1.24. The minimum absolute atomic E-state index is 0.00718. The van der Waals surface area contributed by atoms with Crippen molar-refractivity contribution >= 4 is 23.4 Å². The average Bonchev–Trinajstić information content (AvgIpc) is 2.44. The number of rotatable bonds is 6. The molecule has 120 valence electrons. The number of carboxylic acid groups (broad SMARTS) is 1. The van der Waals surface area contributed by atoms with E-state index in [1.165, 1.54) is 24.9 Å². The van der Waals surface area contributed by atoms with E-state index in [2.05, 4.69) is 9.72 Å². The summed E-state index contributed by atoms with van der Waals surface area (Å²) in [4.78, 5) is 38.6. The Morgan fingerprint density at radius 2 is 2.14 bits per heavy atom. The van der Waals surface area contributed by atoms with Crippen LogP contribution in [0.25, 0.3) is 0 Å². The van der Waals surface area contributed by atoms with Crippen LogP contribution in [-0.2, 0) is 9.53 Å². The summed E-state index contributed by atoms with van der Waals surface area (Å²) in [5, 5.41) is 20.2. The van der Waals surface area contributed by atoms with Crippen molar-refractivity contribution < 1.29 is 24.4 Å². The van der Waals surface area contributed by atoms with E-state index in [1.54, 1.807) is 6.92 Å². The zero-order valence-corrected chi connectivity index (χ0v) is 12.7. The van der Waals surface area contributed by atoms with E-state index < -0.39 is 28.5 Å². The Kier molecular flexibility index (Phi) is 5.39. The van der Waals surface area contributed by atoms with Crippen molar-refractivity contribution in [3.05, 3.63) is 27.4 Å². The number of carbonyl (C=O) groups excluding carboxylic acids is 1. The van der Waals surface area contributed by atoms with E-state index in [9.17, 15) is 19.7 Å². The number of aryl methyl sites for hydroxylation is 1. The van der Waals surface area contributed by atoms with Crippen molar-refractivity contribution in [2.75, 3.05) is 25.6 Å². The smallest absolute Gasteiger partial charge is 0.345 e. The van der Waals surface area contributed by atoms with Crippen LogP contribution < -0.4 is 4.90 Å². The van der Waals surface area contributed by atoms with Gasteiger partial charge in [-0.3, -0.25) is 14.9 Å². The lowest BCUT2D eigenvalue weighted by Gasteiger charge is -2.21. The van der Waals surface area contributed by atoms with Crippen molar-refractivity contribution in [1.29, 1.82) is 0 Å². The van der Waals surface area contributed by atoms with Crippen molar-refractivity contribution in [3.63, 3.8) is 0 Å². The molecule has 0 bridgehead atoms. The predicted molar refractivity (Wildman–Crippen MR) is 77.0 cm³/mol. The van der Waals surface area contributed by atoms with Crippen LogP contribution in [0.3, 0.4) is 0 Å². The molecule has 0 aliphatic rings. The molecule has 0 amide bonds. The first-order valence-electron chi connectivity index (χ1n) is 6.37. The SMILES string of the molecule is COC(=O)c1cc(C)nc(N(C)CC(C)C(=O)O)c1[N+](=O)[O-]. The molecule has 0 saturated carbocycles. The molecule has 0 saturated heterocycles. The third-order valence-electron chi connectivity index (χ3n) is 3.02. The first-order valence-corrected chi connectivity index (χ1v) is 6.37. The summed E-state index contributed by atoms with van der Waals surface area (Å²) < 4.78 is 4.55. The fourth-order valence-corrected chi connectivity index (χ4v) is 1.94. The fraction of sp³-hybridized carbons (Fsp3) is 0.462. The molecule has 1 heterocycles. The monoisotopic (exact) mass is 311 g/mol. The summed E-state index contributed by atoms with van der Waals surface area (Å²) in [5.41, 5.74) is -0.335. The average molecular weight is 311 g/mol. The van der Waals surface area contributed by atoms with E-state index in [0.717, 1.165) is 7.11 Å². The zero-order chi connectivity index (χ0) is 17.0. The molecule has 1 aromatic rings. The van der Waals surface area contributed by atoms with Crippen LogP contribution in [-0.4, -0.2) is 47.7 Å². The van der Waals surface area contributed by atoms with Crippen LogP contribution in [0.15, 0.2) is 6.07 Å². The number of hydrogen-bond donors (Lipinski definition) is 1. The lowest BCUT2D eigenvalue weighted by Crippen LogP contribution is -2.30. The number of methoxy groups -OCH3 is 1. The van der Waals surface area contributed by atoms with Crippen LogP contribution in [0, 0.1) is 23.0 Å². The molecule has 9 nitrogen and oxygen atoms in total. The van der Waals surface area contributed by atoms with Crippen LogP contribution >= 0.6 is 0 Å². The highest BCUT2D eigenvalue weighted by Gasteiger charge is 2.30. The molecular formula is C13H17N3O6. The van der Waals surface area contributed by atoms with Crippen LogP contribution in [0.2, 0.25) is 0 Å². The second kappa shape index (κ2) is 6.83. The van der Waals surface area contributed by atoms with Gasteiger partial charge in [-0.2, -0.15) is 0 Å². The molecular weight excluding hydrogens is 294 g/mol. The van der Waals surface area contributed by atoms with Gasteiger partial charge < -0.3 is 14.7 Å². The van der Waals surface area contributed by atoms with E-state index in [4.69, 9.17) is 5.11 Å². The number of aliphatic carboxylic acids is 1. The summed E-state index contributed by atoms with van der Waals surface area (Å²) in [6, 6.07) is 1.27. The maximum Gasteiger partial charge on any atom is 0.345 e. The summed E-state index contributed by atoms with van der Waals surface area (Å²) in [6.45, 7) is 3.06. The molecule has 1 N–H and O–H groups in total. The quantitative estimate of drug-likeness (QED) is 0.473. The molecule has 0 aliphatic heterocycles. The molecule has 0 aromatic carbocycles. The minimum Gasteiger partial charge on any atom is -0.481 e. The molecule has 0 radical (unpaired) electrons. The highest BCUT2D eigenvalue weighted by atomic mass is 16.6. The molecule has 1 rings (SSSR count). The number of hydrogen-bond acceptors (Lipinski definition) is 7. The van der Waals surface area contributed by atoms with Gasteiger partial charge in [-0.1, -0.05) is 6.92 Å². The number of pyridine rings is 1. The number of ether oxygens (including phenoxy) is 1. The zero-order valence-electron chi connectivity index (χ0n) is 12.7. The largest absolute Gasteiger partial charge is 0.481 e. The Hall–Kier alpha value is -2.71. The topological polar surface area (TPSA) is 123 Å². The second-order valence-corrected chi connectivity index (χ2v) is 4.85. The van der Waals surface area contributed by atoms with Crippen molar-refractivity contribution in [2.45, 2.75) is 13.8 Å². The van der Waals surface area contributed by atoms with Crippen LogP contribution in [0.1, 0.15) is 23.0 Å². The summed E-state index contributed by atoms with van der Waals surface area (Å²) in [5.74, 6) is -2.71. The number of carboxylic acids is 1. The molecule has 22 heavy (non-hydrogen) atoms. The van der Waals surface area contributed by atoms with Gasteiger partial charge in [-0.05, 0) is 13.0 Å². The van der Waals surface area contributed by atoms with Crippen LogP contribution in [0.5, 0.6) is 0 Å². The summed E-state index contributed by atoms with van der Waals surface area (Å²) in [6.07, 6.45) is 0. The molecule has 9 heteroatoms. The Labute approximate surface area is 126 Å². The van der Waals surface area contributed by atoms with E-state index in [-0.39, 0.29) is 17.9 Å². The Morgan fingerprint density at radius 3 is 2.59 bits per heavy atom. The standard InChI is InChI=1S/C13H17N3O6/c1-7(12(17)18)6-15(3)11-10(16(20)21)9(13(19)22-4)5-8(2)14-11/h5,7H,6H2,1-4H3,(H,17,18). The summed E-state index contributed by atoms with van der Waals surface area (Å²) >= 11 is 0. The molecule has 1 aromatic heterocycles. The molecule has 0 spiro atoms. The Balaban J connectivity index is 3.39. The third kappa shape index (κ3) is 3.68. The molecule has 1 atom stereocenters.